The van der Waals surface area contributed by atoms with Crippen LogP contribution in [0.1, 0.15) is 24.2 Å². The highest BCUT2D eigenvalue weighted by molar-refractivity contribution is 7.92. The third-order valence-corrected chi connectivity index (χ3v) is 5.18. The van der Waals surface area contributed by atoms with E-state index >= 15 is 0 Å². The standard InChI is InChI=1S/C12H16F2N2O3S/c1-12(2,20(3,18)19)6-16-11(17)9-7(13)4-5-8(15)10(9)14/h4-5H,6,15H2,1-3H3,(H,16,17). The number of anilines is 1. The number of nitrogen functional groups attached to an aromatic ring is 1. The van der Waals surface area contributed by atoms with E-state index in [4.69, 9.17) is 5.73 Å². The van der Waals surface area contributed by atoms with Crippen LogP contribution in [0.5, 0.6) is 0 Å². The molecular formula is C12H16F2N2O3S. The molecular weight excluding hydrogens is 290 g/mol. The molecule has 20 heavy (non-hydrogen) atoms. The van der Waals surface area contributed by atoms with Crippen LogP contribution in [0.2, 0.25) is 0 Å². The van der Waals surface area contributed by atoms with Crippen LogP contribution in [0.4, 0.5) is 14.5 Å². The molecule has 0 bridgehead atoms. The first-order chi connectivity index (χ1) is 8.97. The molecule has 0 heterocycles. The first kappa shape index (κ1) is 16.4. The molecule has 0 aliphatic rings. The largest absolute Gasteiger partial charge is 0.396 e. The highest BCUT2D eigenvalue weighted by Gasteiger charge is 2.31. The minimum Gasteiger partial charge on any atom is -0.396 e. The lowest BCUT2D eigenvalue weighted by Crippen LogP contribution is -2.44. The maximum Gasteiger partial charge on any atom is 0.257 e. The molecule has 1 rings (SSSR count). The maximum absolute atomic E-state index is 13.6. The molecule has 112 valence electrons. The highest BCUT2D eigenvalue weighted by atomic mass is 32.2. The molecule has 1 aromatic carbocycles. The zero-order chi connectivity index (χ0) is 15.7. The summed E-state index contributed by atoms with van der Waals surface area (Å²) >= 11 is 0. The van der Waals surface area contributed by atoms with Gasteiger partial charge in [0.1, 0.15) is 11.4 Å². The van der Waals surface area contributed by atoms with Crippen molar-refractivity contribution in [3.8, 4) is 0 Å². The van der Waals surface area contributed by atoms with Gasteiger partial charge in [0.15, 0.2) is 15.7 Å². The minimum absolute atomic E-state index is 0.279. The fourth-order valence-electron chi connectivity index (χ4n) is 1.29. The number of sulfone groups is 1. The van der Waals surface area contributed by atoms with Crippen LogP contribution >= 0.6 is 0 Å². The lowest BCUT2D eigenvalue weighted by atomic mass is 10.1. The van der Waals surface area contributed by atoms with Crippen LogP contribution in [0.15, 0.2) is 12.1 Å². The minimum atomic E-state index is -3.44. The normalized spacial score (nSPS) is 12.2. The van der Waals surface area contributed by atoms with Crippen molar-refractivity contribution in [2.75, 3.05) is 18.5 Å². The first-order valence-electron chi connectivity index (χ1n) is 5.68. The van der Waals surface area contributed by atoms with Crippen molar-refractivity contribution in [3.05, 3.63) is 29.3 Å². The molecule has 8 heteroatoms. The Kier molecular flexibility index (Phi) is 4.38. The summed E-state index contributed by atoms with van der Waals surface area (Å²) in [5, 5.41) is 2.20. The molecule has 1 aromatic rings. The van der Waals surface area contributed by atoms with E-state index in [0.717, 1.165) is 18.4 Å². The quantitative estimate of drug-likeness (QED) is 0.815. The van der Waals surface area contributed by atoms with Gasteiger partial charge in [-0.2, -0.15) is 0 Å². The van der Waals surface area contributed by atoms with Gasteiger partial charge < -0.3 is 11.1 Å². The number of benzene rings is 1. The van der Waals surface area contributed by atoms with Crippen molar-refractivity contribution in [2.45, 2.75) is 18.6 Å². The van der Waals surface area contributed by atoms with Crippen LogP contribution in [0, 0.1) is 11.6 Å². The van der Waals surface area contributed by atoms with Gasteiger partial charge in [0.2, 0.25) is 0 Å². The molecule has 0 saturated heterocycles. The predicted octanol–water partition coefficient (Wildman–Crippen LogP) is 1.10. The molecule has 0 saturated carbocycles. The van der Waals surface area contributed by atoms with Gasteiger partial charge in [-0.15, -0.1) is 0 Å². The Bertz CT molecular complexity index is 642. The van der Waals surface area contributed by atoms with E-state index in [-0.39, 0.29) is 12.2 Å². The van der Waals surface area contributed by atoms with Crippen LogP contribution in [0.25, 0.3) is 0 Å². The second-order valence-corrected chi connectivity index (χ2v) is 7.69. The predicted molar refractivity (Wildman–Crippen MR) is 72.0 cm³/mol. The maximum atomic E-state index is 13.6. The number of halogens is 2. The Morgan fingerprint density at radius 2 is 1.90 bits per heavy atom. The molecule has 5 nitrogen and oxygen atoms in total. The van der Waals surface area contributed by atoms with Crippen molar-refractivity contribution in [3.63, 3.8) is 0 Å². The summed E-state index contributed by atoms with van der Waals surface area (Å²) in [7, 11) is -3.44. The summed E-state index contributed by atoms with van der Waals surface area (Å²) < 4.78 is 48.8. The van der Waals surface area contributed by atoms with Gasteiger partial charge >= 0.3 is 0 Å². The second kappa shape index (κ2) is 5.35. The summed E-state index contributed by atoms with van der Waals surface area (Å²) in [6.45, 7) is 2.52. The van der Waals surface area contributed by atoms with E-state index in [0.29, 0.717) is 0 Å². The van der Waals surface area contributed by atoms with Gasteiger partial charge in [-0.05, 0) is 26.0 Å². The van der Waals surface area contributed by atoms with Gasteiger partial charge in [0.25, 0.3) is 5.91 Å². The zero-order valence-electron chi connectivity index (χ0n) is 11.3. The van der Waals surface area contributed by atoms with Crippen LogP contribution < -0.4 is 11.1 Å². The van der Waals surface area contributed by atoms with Gasteiger partial charge in [-0.1, -0.05) is 0 Å². The van der Waals surface area contributed by atoms with Gasteiger partial charge in [0, 0.05) is 12.8 Å². The van der Waals surface area contributed by atoms with Crippen LogP contribution in [-0.4, -0.2) is 31.9 Å². The fourth-order valence-corrected chi connectivity index (χ4v) is 1.62. The van der Waals surface area contributed by atoms with Gasteiger partial charge in [0.05, 0.1) is 10.4 Å². The number of nitrogens with one attached hydrogen (secondary N) is 1. The average molecular weight is 306 g/mol. The second-order valence-electron chi connectivity index (χ2n) is 5.04. The van der Waals surface area contributed by atoms with E-state index in [1.165, 1.54) is 13.8 Å². The topological polar surface area (TPSA) is 89.3 Å². The fraction of sp³-hybridized carbons (Fsp3) is 0.417. The van der Waals surface area contributed by atoms with E-state index in [1.54, 1.807) is 0 Å². The Balaban J connectivity index is 2.98. The monoisotopic (exact) mass is 306 g/mol. The van der Waals surface area contributed by atoms with Crippen molar-refractivity contribution in [2.24, 2.45) is 0 Å². The molecule has 0 radical (unpaired) electrons. The lowest BCUT2D eigenvalue weighted by molar-refractivity contribution is 0.0942. The van der Waals surface area contributed by atoms with Crippen LogP contribution in [0.3, 0.4) is 0 Å². The molecule has 0 unspecified atom stereocenters. The molecule has 1 amide bonds. The number of nitrogens with two attached hydrogens (primary N) is 1. The molecule has 0 atom stereocenters. The Morgan fingerprint density at radius 1 is 1.35 bits per heavy atom. The molecule has 0 spiro atoms. The van der Waals surface area contributed by atoms with E-state index in [2.05, 4.69) is 5.32 Å². The van der Waals surface area contributed by atoms with Crippen molar-refractivity contribution in [1.29, 1.82) is 0 Å². The number of carbonyl (C=O) groups excluding carboxylic acids is 1. The van der Waals surface area contributed by atoms with E-state index in [9.17, 15) is 22.0 Å². The van der Waals surface area contributed by atoms with E-state index < -0.39 is 37.7 Å². The number of hydrogen-bond acceptors (Lipinski definition) is 4. The summed E-state index contributed by atoms with van der Waals surface area (Å²) in [6, 6.07) is 1.87. The first-order valence-corrected chi connectivity index (χ1v) is 7.58. The Morgan fingerprint density at radius 3 is 2.40 bits per heavy atom. The average Bonchev–Trinajstić information content (AvgIpc) is 2.30. The Labute approximate surface area is 116 Å². The third kappa shape index (κ3) is 3.24. The summed E-state index contributed by atoms with van der Waals surface area (Å²) in [5.41, 5.74) is 4.07. The van der Waals surface area contributed by atoms with Gasteiger partial charge in [-0.25, -0.2) is 17.2 Å². The Hall–Kier alpha value is -1.70. The number of rotatable bonds is 4. The number of amides is 1. The van der Waals surface area contributed by atoms with Crippen molar-refractivity contribution in [1.82, 2.24) is 5.32 Å². The molecule has 3 N–H and O–H groups in total. The SMILES string of the molecule is CC(C)(CNC(=O)c1c(F)ccc(N)c1F)S(C)(=O)=O. The molecule has 0 aliphatic heterocycles. The third-order valence-electron chi connectivity index (χ3n) is 3.03. The van der Waals surface area contributed by atoms with E-state index in [1.807, 2.05) is 0 Å². The van der Waals surface area contributed by atoms with Crippen molar-refractivity contribution < 1.29 is 22.0 Å². The van der Waals surface area contributed by atoms with Gasteiger partial charge in [-0.3, -0.25) is 4.79 Å². The lowest BCUT2D eigenvalue weighted by Gasteiger charge is -2.22. The molecule has 0 aliphatic carbocycles. The number of carbonyl (C=O) groups is 1. The summed E-state index contributed by atoms with van der Waals surface area (Å²) in [5.74, 6) is -3.28. The summed E-state index contributed by atoms with van der Waals surface area (Å²) in [6.07, 6.45) is 1.01. The van der Waals surface area contributed by atoms with Crippen molar-refractivity contribution >= 4 is 21.4 Å². The zero-order valence-corrected chi connectivity index (χ0v) is 12.1. The smallest absolute Gasteiger partial charge is 0.257 e. The number of hydrogen-bond donors (Lipinski definition) is 2. The molecule has 0 aromatic heterocycles. The molecule has 0 fully saturated rings. The highest BCUT2D eigenvalue weighted by Crippen LogP contribution is 2.19. The van der Waals surface area contributed by atoms with Crippen LogP contribution in [-0.2, 0) is 9.84 Å². The summed E-state index contributed by atoms with van der Waals surface area (Å²) in [4.78, 5) is 11.8.